The fourth-order valence-electron chi connectivity index (χ4n) is 2.79. The Kier molecular flexibility index (Phi) is 5.28. The molecule has 0 radical (unpaired) electrons. The van der Waals surface area contributed by atoms with Crippen molar-refractivity contribution in [1.82, 2.24) is 9.80 Å². The van der Waals surface area contributed by atoms with Crippen LogP contribution in [0.4, 0.5) is 0 Å². The Morgan fingerprint density at radius 2 is 2.05 bits per heavy atom. The van der Waals surface area contributed by atoms with Crippen molar-refractivity contribution < 1.29 is 0 Å². The van der Waals surface area contributed by atoms with Crippen LogP contribution in [0.1, 0.15) is 18.0 Å². The third-order valence-corrected chi connectivity index (χ3v) is 4.83. The summed E-state index contributed by atoms with van der Waals surface area (Å²) in [7, 11) is 4.33. The highest BCUT2D eigenvalue weighted by atomic mass is 32.2. The molecule has 1 saturated heterocycles. The van der Waals surface area contributed by atoms with Crippen LogP contribution in [0.25, 0.3) is 0 Å². The van der Waals surface area contributed by atoms with Gasteiger partial charge in [0.15, 0.2) is 0 Å². The van der Waals surface area contributed by atoms with Gasteiger partial charge in [-0.2, -0.15) is 0 Å². The molecule has 1 fully saturated rings. The molecule has 2 rings (SSSR count). The van der Waals surface area contributed by atoms with Crippen molar-refractivity contribution in [3.63, 3.8) is 0 Å². The van der Waals surface area contributed by atoms with Gasteiger partial charge in [0.05, 0.1) is 0 Å². The quantitative estimate of drug-likeness (QED) is 0.836. The van der Waals surface area contributed by atoms with E-state index >= 15 is 0 Å². The van der Waals surface area contributed by atoms with Gasteiger partial charge in [-0.15, -0.1) is 11.8 Å². The number of hydrogen-bond donors (Lipinski definition) is 1. The minimum absolute atomic E-state index is 0.362. The van der Waals surface area contributed by atoms with E-state index in [1.165, 1.54) is 16.9 Å². The lowest BCUT2D eigenvalue weighted by molar-refractivity contribution is 0.220. The van der Waals surface area contributed by atoms with E-state index in [0.29, 0.717) is 18.6 Å². The van der Waals surface area contributed by atoms with Crippen molar-refractivity contribution in [1.29, 1.82) is 0 Å². The Labute approximate surface area is 121 Å². The lowest BCUT2D eigenvalue weighted by Crippen LogP contribution is -2.36. The number of rotatable bonds is 5. The van der Waals surface area contributed by atoms with E-state index in [0.717, 1.165) is 13.1 Å². The Morgan fingerprint density at radius 1 is 1.37 bits per heavy atom. The summed E-state index contributed by atoms with van der Waals surface area (Å²) in [5, 5.41) is 0. The summed E-state index contributed by atoms with van der Waals surface area (Å²) < 4.78 is 0. The Hall–Kier alpha value is -0.550. The van der Waals surface area contributed by atoms with Crippen LogP contribution in [-0.2, 0) is 0 Å². The molecule has 3 nitrogen and oxygen atoms in total. The van der Waals surface area contributed by atoms with Crippen molar-refractivity contribution in [3.05, 3.63) is 29.8 Å². The Bertz CT molecular complexity index is 391. The average Bonchev–Trinajstić information content (AvgIpc) is 2.90. The van der Waals surface area contributed by atoms with Gasteiger partial charge < -0.3 is 10.6 Å². The van der Waals surface area contributed by atoms with E-state index in [1.54, 1.807) is 11.8 Å². The first-order valence-corrected chi connectivity index (χ1v) is 8.12. The van der Waals surface area contributed by atoms with E-state index in [1.807, 2.05) is 0 Å². The van der Waals surface area contributed by atoms with E-state index in [2.05, 4.69) is 54.4 Å². The summed E-state index contributed by atoms with van der Waals surface area (Å²) in [6, 6.07) is 9.88. The number of likely N-dealkylation sites (tertiary alicyclic amines) is 1. The van der Waals surface area contributed by atoms with Gasteiger partial charge in [-0.1, -0.05) is 12.1 Å². The molecule has 19 heavy (non-hydrogen) atoms. The fourth-order valence-corrected chi connectivity index (χ4v) is 3.20. The fraction of sp³-hybridized carbons (Fsp3) is 0.600. The first kappa shape index (κ1) is 14.9. The maximum Gasteiger partial charge on any atom is 0.0471 e. The molecule has 0 aromatic heterocycles. The maximum absolute atomic E-state index is 6.02. The molecule has 2 N–H and O–H groups in total. The zero-order chi connectivity index (χ0) is 13.8. The second kappa shape index (κ2) is 6.75. The topological polar surface area (TPSA) is 32.5 Å². The van der Waals surface area contributed by atoms with Gasteiger partial charge in [-0.25, -0.2) is 0 Å². The molecule has 2 unspecified atom stereocenters. The minimum Gasteiger partial charge on any atom is -0.329 e. The van der Waals surface area contributed by atoms with E-state index < -0.39 is 0 Å². The van der Waals surface area contributed by atoms with Crippen LogP contribution in [0.15, 0.2) is 29.2 Å². The van der Waals surface area contributed by atoms with E-state index in [-0.39, 0.29) is 0 Å². The van der Waals surface area contributed by atoms with Crippen LogP contribution in [-0.4, -0.2) is 55.8 Å². The molecular formula is C15H25N3S. The summed E-state index contributed by atoms with van der Waals surface area (Å²) >= 11 is 1.78. The van der Waals surface area contributed by atoms with Crippen molar-refractivity contribution in [2.75, 3.05) is 40.0 Å². The monoisotopic (exact) mass is 279 g/mol. The summed E-state index contributed by atoms with van der Waals surface area (Å²) in [6.07, 6.45) is 3.35. The lowest BCUT2D eigenvalue weighted by atomic mass is 10.1. The molecule has 0 amide bonds. The molecule has 4 heteroatoms. The first-order valence-electron chi connectivity index (χ1n) is 6.90. The Morgan fingerprint density at radius 3 is 2.53 bits per heavy atom. The van der Waals surface area contributed by atoms with Crippen molar-refractivity contribution >= 4 is 11.8 Å². The van der Waals surface area contributed by atoms with Crippen molar-refractivity contribution in [2.45, 2.75) is 23.4 Å². The summed E-state index contributed by atoms with van der Waals surface area (Å²) in [5.41, 5.74) is 7.36. The zero-order valence-corrected chi connectivity index (χ0v) is 13.0. The number of nitrogens with two attached hydrogens (primary N) is 1. The predicted molar refractivity (Wildman–Crippen MR) is 83.7 cm³/mol. The summed E-state index contributed by atoms with van der Waals surface area (Å²) in [5.74, 6) is 0. The second-order valence-electron chi connectivity index (χ2n) is 5.43. The molecule has 2 atom stereocenters. The SMILES string of the molecule is CSc1ccc(C(CN)N2CCC(N(C)C)C2)cc1. The van der Waals surface area contributed by atoms with Crippen LogP contribution in [0.5, 0.6) is 0 Å². The van der Waals surface area contributed by atoms with Gasteiger partial charge in [0.25, 0.3) is 0 Å². The molecule has 0 saturated carbocycles. The summed E-state index contributed by atoms with van der Waals surface area (Å²) in [4.78, 5) is 6.16. The molecule has 0 bridgehead atoms. The van der Waals surface area contributed by atoms with Crippen LogP contribution in [0.3, 0.4) is 0 Å². The molecular weight excluding hydrogens is 254 g/mol. The standard InChI is InChI=1S/C15H25N3S/c1-17(2)13-8-9-18(11-13)15(10-16)12-4-6-14(19-3)7-5-12/h4-7,13,15H,8-11,16H2,1-3H3. The van der Waals surface area contributed by atoms with Crippen LogP contribution in [0, 0.1) is 0 Å². The zero-order valence-electron chi connectivity index (χ0n) is 12.2. The molecule has 1 aliphatic heterocycles. The number of thioether (sulfide) groups is 1. The van der Waals surface area contributed by atoms with Crippen LogP contribution < -0.4 is 5.73 Å². The summed E-state index contributed by atoms with van der Waals surface area (Å²) in [6.45, 7) is 2.97. The molecule has 1 aromatic carbocycles. The van der Waals surface area contributed by atoms with E-state index in [4.69, 9.17) is 5.73 Å². The van der Waals surface area contributed by atoms with Gasteiger partial charge >= 0.3 is 0 Å². The Balaban J connectivity index is 2.07. The van der Waals surface area contributed by atoms with Gasteiger partial charge in [-0.05, 0) is 44.5 Å². The molecule has 1 aromatic rings. The number of likely N-dealkylation sites (N-methyl/N-ethyl adjacent to an activating group) is 1. The van der Waals surface area contributed by atoms with Gasteiger partial charge in [0.1, 0.15) is 0 Å². The normalized spacial score (nSPS) is 22.1. The number of benzene rings is 1. The van der Waals surface area contributed by atoms with Gasteiger partial charge in [0.2, 0.25) is 0 Å². The number of hydrogen-bond acceptors (Lipinski definition) is 4. The van der Waals surface area contributed by atoms with Crippen LogP contribution in [0.2, 0.25) is 0 Å². The number of nitrogens with zero attached hydrogens (tertiary/aromatic N) is 2. The highest BCUT2D eigenvalue weighted by Gasteiger charge is 2.29. The third-order valence-electron chi connectivity index (χ3n) is 4.09. The van der Waals surface area contributed by atoms with Gasteiger partial charge in [0, 0.05) is 36.6 Å². The highest BCUT2D eigenvalue weighted by Crippen LogP contribution is 2.27. The molecule has 1 heterocycles. The van der Waals surface area contributed by atoms with Crippen molar-refractivity contribution in [3.8, 4) is 0 Å². The predicted octanol–water partition coefficient (Wildman–Crippen LogP) is 2.04. The average molecular weight is 279 g/mol. The second-order valence-corrected chi connectivity index (χ2v) is 6.31. The maximum atomic E-state index is 6.02. The highest BCUT2D eigenvalue weighted by molar-refractivity contribution is 7.98. The smallest absolute Gasteiger partial charge is 0.0471 e. The first-order chi connectivity index (χ1) is 9.15. The minimum atomic E-state index is 0.362. The van der Waals surface area contributed by atoms with E-state index in [9.17, 15) is 0 Å². The lowest BCUT2D eigenvalue weighted by Gasteiger charge is -2.28. The third kappa shape index (κ3) is 3.51. The van der Waals surface area contributed by atoms with Gasteiger partial charge in [-0.3, -0.25) is 4.90 Å². The molecule has 106 valence electrons. The molecule has 0 aliphatic carbocycles. The van der Waals surface area contributed by atoms with Crippen LogP contribution >= 0.6 is 11.8 Å². The molecule has 1 aliphatic rings. The largest absolute Gasteiger partial charge is 0.329 e. The molecule has 0 spiro atoms. The van der Waals surface area contributed by atoms with Crippen molar-refractivity contribution in [2.24, 2.45) is 5.73 Å².